The van der Waals surface area contributed by atoms with Crippen LogP contribution in [0.3, 0.4) is 0 Å². The first-order valence-corrected chi connectivity index (χ1v) is 8.03. The van der Waals surface area contributed by atoms with Gasteiger partial charge in [-0.25, -0.2) is 4.98 Å². The van der Waals surface area contributed by atoms with Gasteiger partial charge in [0.25, 0.3) is 5.91 Å². The number of morpholine rings is 1. The summed E-state index contributed by atoms with van der Waals surface area (Å²) in [4.78, 5) is 21.2. The molecule has 0 unspecified atom stereocenters. The largest absolute Gasteiger partial charge is 0.395 e. The number of aromatic nitrogens is 1. The molecule has 8 heteroatoms. The third-order valence-electron chi connectivity index (χ3n) is 3.71. The van der Waals surface area contributed by atoms with E-state index < -0.39 is 0 Å². The Labute approximate surface area is 127 Å². The number of nitrogens with zero attached hydrogens (tertiary/aromatic N) is 3. The Morgan fingerprint density at radius 2 is 2.19 bits per heavy atom. The van der Waals surface area contributed by atoms with Crippen LogP contribution in [0.2, 0.25) is 0 Å². The molecule has 2 aliphatic rings. The molecule has 2 fully saturated rings. The molecule has 0 bridgehead atoms. The quantitative estimate of drug-likeness (QED) is 0.804. The molecule has 21 heavy (non-hydrogen) atoms. The van der Waals surface area contributed by atoms with Crippen LogP contribution < -0.4 is 10.6 Å². The van der Waals surface area contributed by atoms with Gasteiger partial charge in [0.05, 0.1) is 19.8 Å². The number of rotatable bonds is 5. The SMILES string of the molecule is Nc1nc(N2CCOCC2)sc1C(=O)N(CCO)C1CC1. The number of hydrogen-bond acceptors (Lipinski definition) is 7. The number of nitrogen functional groups attached to an aromatic ring is 1. The third-order valence-corrected chi connectivity index (χ3v) is 4.83. The highest BCUT2D eigenvalue weighted by Gasteiger charge is 2.34. The molecule has 1 aromatic rings. The molecule has 0 atom stereocenters. The summed E-state index contributed by atoms with van der Waals surface area (Å²) in [5.41, 5.74) is 5.93. The van der Waals surface area contributed by atoms with Crippen molar-refractivity contribution in [3.05, 3.63) is 4.88 Å². The molecule has 0 radical (unpaired) electrons. The van der Waals surface area contributed by atoms with Crippen molar-refractivity contribution in [1.29, 1.82) is 0 Å². The number of aliphatic hydroxyl groups is 1. The topological polar surface area (TPSA) is 91.9 Å². The number of hydrogen-bond donors (Lipinski definition) is 2. The van der Waals surface area contributed by atoms with Gasteiger partial charge in [-0.1, -0.05) is 11.3 Å². The van der Waals surface area contributed by atoms with Crippen LogP contribution >= 0.6 is 11.3 Å². The van der Waals surface area contributed by atoms with E-state index in [0.717, 1.165) is 31.1 Å². The van der Waals surface area contributed by atoms with E-state index >= 15 is 0 Å². The fourth-order valence-corrected chi connectivity index (χ4v) is 3.43. The Balaban J connectivity index is 1.77. The molecule has 1 aliphatic carbocycles. The summed E-state index contributed by atoms with van der Waals surface area (Å²) >= 11 is 1.33. The van der Waals surface area contributed by atoms with E-state index in [0.29, 0.717) is 24.6 Å². The number of nitrogens with two attached hydrogens (primary N) is 1. The molecule has 0 spiro atoms. The summed E-state index contributed by atoms with van der Waals surface area (Å²) in [6.45, 7) is 3.20. The maximum atomic E-state index is 12.6. The summed E-state index contributed by atoms with van der Waals surface area (Å²) in [6, 6.07) is 0.248. The molecule has 0 aromatic carbocycles. The average molecular weight is 312 g/mol. The van der Waals surface area contributed by atoms with Crippen LogP contribution in [0.4, 0.5) is 10.9 Å². The van der Waals surface area contributed by atoms with Crippen molar-refractivity contribution >= 4 is 28.2 Å². The highest BCUT2D eigenvalue weighted by molar-refractivity contribution is 7.18. The minimum absolute atomic E-state index is 0.0305. The minimum atomic E-state index is -0.110. The lowest BCUT2D eigenvalue weighted by Gasteiger charge is -2.26. The summed E-state index contributed by atoms with van der Waals surface area (Å²) in [5.74, 6) is 0.177. The predicted molar refractivity (Wildman–Crippen MR) is 80.7 cm³/mol. The van der Waals surface area contributed by atoms with Gasteiger partial charge in [0.2, 0.25) is 0 Å². The van der Waals surface area contributed by atoms with E-state index in [1.807, 2.05) is 0 Å². The van der Waals surface area contributed by atoms with Gasteiger partial charge in [-0.3, -0.25) is 4.79 Å². The molecule has 1 saturated heterocycles. The van der Waals surface area contributed by atoms with Gasteiger partial charge in [-0.05, 0) is 12.8 Å². The summed E-state index contributed by atoms with van der Waals surface area (Å²) in [5, 5.41) is 9.90. The summed E-state index contributed by atoms with van der Waals surface area (Å²) in [6.07, 6.45) is 2.00. The Hall–Kier alpha value is -1.38. The zero-order chi connectivity index (χ0) is 14.8. The van der Waals surface area contributed by atoms with E-state index in [4.69, 9.17) is 15.6 Å². The average Bonchev–Trinajstić information content (AvgIpc) is 3.27. The van der Waals surface area contributed by atoms with E-state index in [1.165, 1.54) is 11.3 Å². The Kier molecular flexibility index (Phi) is 4.27. The highest BCUT2D eigenvalue weighted by Crippen LogP contribution is 2.33. The second-order valence-corrected chi connectivity index (χ2v) is 6.24. The molecule has 7 nitrogen and oxygen atoms in total. The maximum absolute atomic E-state index is 12.6. The standard InChI is InChI=1S/C13H20N4O3S/c14-11-10(12(19)17(3-6-18)9-1-2-9)21-13(15-11)16-4-7-20-8-5-16/h9,18H,1-8,14H2. The molecular weight excluding hydrogens is 292 g/mol. The lowest BCUT2D eigenvalue weighted by molar-refractivity contribution is 0.0713. The van der Waals surface area contributed by atoms with Crippen LogP contribution in [0.5, 0.6) is 0 Å². The number of carbonyl (C=O) groups excluding carboxylic acids is 1. The number of aliphatic hydroxyl groups excluding tert-OH is 1. The van der Waals surface area contributed by atoms with Gasteiger partial charge in [0, 0.05) is 25.7 Å². The Morgan fingerprint density at radius 1 is 1.48 bits per heavy atom. The van der Waals surface area contributed by atoms with Gasteiger partial charge in [0.15, 0.2) is 5.13 Å². The molecule has 1 saturated carbocycles. The lowest BCUT2D eigenvalue weighted by atomic mass is 10.3. The smallest absolute Gasteiger partial charge is 0.268 e. The normalized spacial score (nSPS) is 18.8. The van der Waals surface area contributed by atoms with E-state index in [-0.39, 0.29) is 24.4 Å². The molecule has 3 rings (SSSR count). The molecular formula is C13H20N4O3S. The first-order chi connectivity index (χ1) is 10.2. The number of carbonyl (C=O) groups is 1. The van der Waals surface area contributed by atoms with E-state index in [2.05, 4.69) is 9.88 Å². The van der Waals surface area contributed by atoms with Gasteiger partial charge in [-0.15, -0.1) is 0 Å². The van der Waals surface area contributed by atoms with Crippen LogP contribution in [0.1, 0.15) is 22.5 Å². The second kappa shape index (κ2) is 6.17. The number of anilines is 2. The number of ether oxygens (including phenoxy) is 1. The van der Waals surface area contributed by atoms with Crippen LogP contribution in [0.25, 0.3) is 0 Å². The van der Waals surface area contributed by atoms with E-state index in [1.54, 1.807) is 4.90 Å². The molecule has 2 heterocycles. The van der Waals surface area contributed by atoms with Gasteiger partial charge in [0.1, 0.15) is 10.7 Å². The van der Waals surface area contributed by atoms with Crippen molar-refractivity contribution in [1.82, 2.24) is 9.88 Å². The predicted octanol–water partition coefficient (Wildman–Crippen LogP) is 0.159. The molecule has 1 aromatic heterocycles. The molecule has 1 aliphatic heterocycles. The van der Waals surface area contributed by atoms with Crippen molar-refractivity contribution < 1.29 is 14.6 Å². The maximum Gasteiger partial charge on any atom is 0.268 e. The Bertz CT molecular complexity index is 512. The number of amides is 1. The fraction of sp³-hybridized carbons (Fsp3) is 0.692. The molecule has 3 N–H and O–H groups in total. The van der Waals surface area contributed by atoms with E-state index in [9.17, 15) is 4.79 Å². The third kappa shape index (κ3) is 3.12. The van der Waals surface area contributed by atoms with Gasteiger partial charge < -0.3 is 25.4 Å². The Morgan fingerprint density at radius 3 is 2.81 bits per heavy atom. The molecule has 116 valence electrons. The van der Waals surface area contributed by atoms with Crippen LogP contribution in [-0.4, -0.2) is 66.4 Å². The lowest BCUT2D eigenvalue weighted by Crippen LogP contribution is -2.36. The monoisotopic (exact) mass is 312 g/mol. The molecule has 1 amide bonds. The van der Waals surface area contributed by atoms with Crippen molar-refractivity contribution in [2.75, 3.05) is 50.1 Å². The zero-order valence-corrected chi connectivity index (χ0v) is 12.6. The first-order valence-electron chi connectivity index (χ1n) is 7.21. The van der Waals surface area contributed by atoms with Gasteiger partial charge in [-0.2, -0.15) is 0 Å². The van der Waals surface area contributed by atoms with Crippen molar-refractivity contribution in [2.24, 2.45) is 0 Å². The minimum Gasteiger partial charge on any atom is -0.395 e. The van der Waals surface area contributed by atoms with Gasteiger partial charge >= 0.3 is 0 Å². The van der Waals surface area contributed by atoms with Crippen molar-refractivity contribution in [3.63, 3.8) is 0 Å². The van der Waals surface area contributed by atoms with Crippen LogP contribution in [0, 0.1) is 0 Å². The number of thiazole rings is 1. The fourth-order valence-electron chi connectivity index (χ4n) is 2.44. The summed E-state index contributed by atoms with van der Waals surface area (Å²) in [7, 11) is 0. The van der Waals surface area contributed by atoms with Crippen LogP contribution in [-0.2, 0) is 4.74 Å². The van der Waals surface area contributed by atoms with Crippen molar-refractivity contribution in [2.45, 2.75) is 18.9 Å². The van der Waals surface area contributed by atoms with Crippen molar-refractivity contribution in [3.8, 4) is 0 Å². The summed E-state index contributed by atoms with van der Waals surface area (Å²) < 4.78 is 5.32. The zero-order valence-electron chi connectivity index (χ0n) is 11.8. The van der Waals surface area contributed by atoms with Crippen LogP contribution in [0.15, 0.2) is 0 Å². The highest BCUT2D eigenvalue weighted by atomic mass is 32.1. The first kappa shape index (κ1) is 14.6. The second-order valence-electron chi connectivity index (χ2n) is 5.26.